The van der Waals surface area contributed by atoms with E-state index in [1.54, 1.807) is 0 Å². The number of ether oxygens (including phenoxy) is 1. The van der Waals surface area contributed by atoms with E-state index in [4.69, 9.17) is 9.72 Å². The van der Waals surface area contributed by atoms with Crippen molar-refractivity contribution in [2.24, 2.45) is 5.92 Å². The van der Waals surface area contributed by atoms with E-state index in [0.29, 0.717) is 23.1 Å². The van der Waals surface area contributed by atoms with Gasteiger partial charge in [0.2, 0.25) is 0 Å². The fourth-order valence-corrected chi connectivity index (χ4v) is 4.48. The van der Waals surface area contributed by atoms with Crippen LogP contribution in [0, 0.1) is 5.92 Å². The van der Waals surface area contributed by atoms with Crippen LogP contribution in [0.2, 0.25) is 0 Å². The molecule has 1 aromatic rings. The first-order valence-corrected chi connectivity index (χ1v) is 8.59. The Morgan fingerprint density at radius 2 is 2.29 bits per heavy atom. The summed E-state index contributed by atoms with van der Waals surface area (Å²) >= 11 is 1.31. The number of nitrogens with zero attached hydrogens (tertiary/aromatic N) is 1. The summed E-state index contributed by atoms with van der Waals surface area (Å²) in [5.41, 5.74) is 0.314. The molecule has 0 spiro atoms. The number of carboxylic acid groups (broad SMARTS) is 1. The Bertz CT molecular complexity index is 508. The van der Waals surface area contributed by atoms with Crippen molar-refractivity contribution in [2.75, 3.05) is 6.61 Å². The Kier molecular flexibility index (Phi) is 5.04. The van der Waals surface area contributed by atoms with Gasteiger partial charge < -0.3 is 9.84 Å². The van der Waals surface area contributed by atoms with Crippen molar-refractivity contribution >= 4 is 17.3 Å². The highest BCUT2D eigenvalue weighted by Crippen LogP contribution is 2.45. The van der Waals surface area contributed by atoms with Crippen molar-refractivity contribution in [2.45, 2.75) is 64.9 Å². The molecule has 1 saturated carbocycles. The highest BCUT2D eigenvalue weighted by Gasteiger charge is 2.41. The van der Waals surface area contributed by atoms with Gasteiger partial charge in [0.25, 0.3) is 0 Å². The van der Waals surface area contributed by atoms with Gasteiger partial charge in [0, 0.05) is 6.61 Å². The monoisotopic (exact) mass is 311 g/mol. The first-order valence-electron chi connectivity index (χ1n) is 7.78. The standard InChI is InChI=1S/C16H25NO3S/c1-5-20-16(8-6-7-11(4)9-16)15-17-12(10(2)3)13(21-15)14(18)19/h10-11H,5-9H2,1-4H3,(H,18,19). The maximum Gasteiger partial charge on any atom is 0.347 e. The number of thiazole rings is 1. The van der Waals surface area contributed by atoms with Gasteiger partial charge in [-0.15, -0.1) is 11.3 Å². The van der Waals surface area contributed by atoms with Gasteiger partial charge in [-0.25, -0.2) is 9.78 Å². The molecule has 21 heavy (non-hydrogen) atoms. The van der Waals surface area contributed by atoms with Crippen LogP contribution < -0.4 is 0 Å². The largest absolute Gasteiger partial charge is 0.477 e. The van der Waals surface area contributed by atoms with Crippen LogP contribution in [-0.4, -0.2) is 22.7 Å². The second-order valence-electron chi connectivity index (χ2n) is 6.32. The van der Waals surface area contributed by atoms with E-state index in [1.165, 1.54) is 17.8 Å². The molecular formula is C16H25NO3S. The summed E-state index contributed by atoms with van der Waals surface area (Å²) in [4.78, 5) is 16.5. The van der Waals surface area contributed by atoms with Crippen LogP contribution >= 0.6 is 11.3 Å². The molecular weight excluding hydrogens is 286 g/mol. The number of rotatable bonds is 5. The number of hydrogen-bond donors (Lipinski definition) is 1. The van der Waals surface area contributed by atoms with Gasteiger partial charge in [-0.05, 0) is 38.0 Å². The van der Waals surface area contributed by atoms with Gasteiger partial charge in [0.05, 0.1) is 5.69 Å². The second kappa shape index (κ2) is 6.44. The van der Waals surface area contributed by atoms with E-state index in [1.807, 2.05) is 20.8 Å². The molecule has 0 bridgehead atoms. The van der Waals surface area contributed by atoms with Gasteiger partial charge in [-0.1, -0.05) is 27.2 Å². The lowest BCUT2D eigenvalue weighted by atomic mass is 9.79. The molecule has 2 atom stereocenters. The van der Waals surface area contributed by atoms with E-state index in [0.717, 1.165) is 24.3 Å². The minimum Gasteiger partial charge on any atom is -0.477 e. The molecule has 0 aromatic carbocycles. The number of aromatic nitrogens is 1. The third-order valence-corrected chi connectivity index (χ3v) is 5.41. The van der Waals surface area contributed by atoms with Crippen molar-refractivity contribution in [1.29, 1.82) is 0 Å². The Morgan fingerprint density at radius 3 is 2.76 bits per heavy atom. The number of carbonyl (C=O) groups is 1. The number of hydrogen-bond acceptors (Lipinski definition) is 4. The fourth-order valence-electron chi connectivity index (χ4n) is 3.24. The zero-order valence-electron chi connectivity index (χ0n) is 13.3. The van der Waals surface area contributed by atoms with Crippen molar-refractivity contribution < 1.29 is 14.6 Å². The predicted molar refractivity (Wildman–Crippen MR) is 84.1 cm³/mol. The number of carboxylic acids is 1. The molecule has 1 aromatic heterocycles. The Labute approximate surface area is 130 Å². The average molecular weight is 311 g/mol. The zero-order chi connectivity index (χ0) is 15.6. The molecule has 1 aliphatic carbocycles. The summed E-state index contributed by atoms with van der Waals surface area (Å²) < 4.78 is 6.11. The van der Waals surface area contributed by atoms with E-state index < -0.39 is 5.97 Å². The van der Waals surface area contributed by atoms with Gasteiger partial charge in [-0.2, -0.15) is 0 Å². The molecule has 118 valence electrons. The SMILES string of the molecule is CCOC1(c2nc(C(C)C)c(C(=O)O)s2)CCCC(C)C1. The lowest BCUT2D eigenvalue weighted by Crippen LogP contribution is -2.35. The molecule has 2 rings (SSSR count). The molecule has 0 saturated heterocycles. The third kappa shape index (κ3) is 3.29. The molecule has 1 fully saturated rings. The van der Waals surface area contributed by atoms with Crippen LogP contribution in [0.4, 0.5) is 0 Å². The molecule has 0 radical (unpaired) electrons. The molecule has 0 aliphatic heterocycles. The lowest BCUT2D eigenvalue weighted by Gasteiger charge is -2.38. The summed E-state index contributed by atoms with van der Waals surface area (Å²) in [7, 11) is 0. The summed E-state index contributed by atoms with van der Waals surface area (Å²) in [5.74, 6) is -0.177. The predicted octanol–water partition coefficient (Wildman–Crippen LogP) is 4.41. The third-order valence-electron chi connectivity index (χ3n) is 4.16. The van der Waals surface area contributed by atoms with Crippen molar-refractivity contribution in [3.63, 3.8) is 0 Å². The second-order valence-corrected chi connectivity index (χ2v) is 7.32. The van der Waals surface area contributed by atoms with Crippen molar-refractivity contribution in [1.82, 2.24) is 4.98 Å². The minimum atomic E-state index is -0.877. The van der Waals surface area contributed by atoms with Crippen LogP contribution in [0.5, 0.6) is 0 Å². The summed E-state index contributed by atoms with van der Waals surface area (Å²) in [6.07, 6.45) is 4.20. The van der Waals surface area contributed by atoms with Gasteiger partial charge in [0.15, 0.2) is 0 Å². The molecule has 1 aliphatic rings. The van der Waals surface area contributed by atoms with Crippen LogP contribution in [-0.2, 0) is 10.3 Å². The van der Waals surface area contributed by atoms with E-state index in [9.17, 15) is 9.90 Å². The molecule has 0 amide bonds. The lowest BCUT2D eigenvalue weighted by molar-refractivity contribution is -0.0821. The normalized spacial score (nSPS) is 26.2. The minimum absolute atomic E-state index is 0.112. The molecule has 1 N–H and O–H groups in total. The molecule has 2 unspecified atom stereocenters. The van der Waals surface area contributed by atoms with E-state index in [-0.39, 0.29) is 11.5 Å². The van der Waals surface area contributed by atoms with Crippen LogP contribution in [0.1, 0.15) is 79.7 Å². The summed E-state index contributed by atoms with van der Waals surface area (Å²) in [5, 5.41) is 10.3. The summed E-state index contributed by atoms with van der Waals surface area (Å²) in [6, 6.07) is 0. The molecule has 1 heterocycles. The highest BCUT2D eigenvalue weighted by atomic mass is 32.1. The van der Waals surface area contributed by atoms with E-state index in [2.05, 4.69) is 6.92 Å². The molecule has 4 nitrogen and oxygen atoms in total. The average Bonchev–Trinajstić information content (AvgIpc) is 2.85. The van der Waals surface area contributed by atoms with Crippen LogP contribution in [0.25, 0.3) is 0 Å². The van der Waals surface area contributed by atoms with Gasteiger partial charge >= 0.3 is 5.97 Å². The Hall–Kier alpha value is -0.940. The van der Waals surface area contributed by atoms with Crippen molar-refractivity contribution in [3.8, 4) is 0 Å². The quantitative estimate of drug-likeness (QED) is 0.875. The molecule has 5 heteroatoms. The Morgan fingerprint density at radius 1 is 1.57 bits per heavy atom. The topological polar surface area (TPSA) is 59.4 Å². The maximum atomic E-state index is 11.5. The smallest absolute Gasteiger partial charge is 0.347 e. The first-order chi connectivity index (χ1) is 9.89. The van der Waals surface area contributed by atoms with Gasteiger partial charge in [0.1, 0.15) is 15.5 Å². The Balaban J connectivity index is 2.45. The van der Waals surface area contributed by atoms with Gasteiger partial charge in [-0.3, -0.25) is 0 Å². The van der Waals surface area contributed by atoms with Crippen molar-refractivity contribution in [3.05, 3.63) is 15.6 Å². The summed E-state index contributed by atoms with van der Waals surface area (Å²) in [6.45, 7) is 8.84. The van der Waals surface area contributed by atoms with Crippen LogP contribution in [0.3, 0.4) is 0 Å². The first kappa shape index (κ1) is 16.4. The maximum absolute atomic E-state index is 11.5. The highest BCUT2D eigenvalue weighted by molar-refractivity contribution is 7.13. The number of aromatic carboxylic acids is 1. The van der Waals surface area contributed by atoms with E-state index >= 15 is 0 Å². The fraction of sp³-hybridized carbons (Fsp3) is 0.750. The van der Waals surface area contributed by atoms with Crippen LogP contribution in [0.15, 0.2) is 0 Å². The zero-order valence-corrected chi connectivity index (χ0v) is 14.1.